The van der Waals surface area contributed by atoms with Gasteiger partial charge in [0.05, 0.1) is 30.2 Å². The van der Waals surface area contributed by atoms with Gasteiger partial charge in [-0.3, -0.25) is 0 Å². The van der Waals surface area contributed by atoms with Crippen LogP contribution >= 0.6 is 39.1 Å². The third kappa shape index (κ3) is 3.28. The van der Waals surface area contributed by atoms with Gasteiger partial charge in [0.25, 0.3) is 0 Å². The van der Waals surface area contributed by atoms with E-state index >= 15 is 0 Å². The molecule has 0 aliphatic heterocycles. The third-order valence-electron chi connectivity index (χ3n) is 3.03. The maximum Gasteiger partial charge on any atom is 0.129 e. The highest BCUT2D eigenvalue weighted by atomic mass is 79.9. The van der Waals surface area contributed by atoms with Crippen molar-refractivity contribution < 1.29 is 13.9 Å². The van der Waals surface area contributed by atoms with Crippen molar-refractivity contribution in [3.05, 3.63) is 56.8 Å². The second kappa shape index (κ2) is 6.86. The van der Waals surface area contributed by atoms with Crippen molar-refractivity contribution in [2.45, 2.75) is 5.38 Å². The van der Waals surface area contributed by atoms with Crippen molar-refractivity contribution in [3.8, 4) is 11.5 Å². The molecule has 0 heterocycles. The van der Waals surface area contributed by atoms with Crippen LogP contribution in [0.15, 0.2) is 34.8 Å². The predicted octanol–water partition coefficient (Wildman–Crippen LogP) is 5.59. The van der Waals surface area contributed by atoms with Crippen LogP contribution in [0.4, 0.5) is 4.39 Å². The number of rotatable bonds is 4. The Labute approximate surface area is 140 Å². The smallest absolute Gasteiger partial charge is 0.129 e. The zero-order valence-electron chi connectivity index (χ0n) is 11.3. The standard InChI is InChI=1S/C15H12BrCl2FO2/c1-20-12-4-3-5-13(21-2)14(12)15(18)8-6-10(17)9(16)7-11(8)19/h3-7,15H,1-2H3. The Morgan fingerprint density at radius 3 is 2.24 bits per heavy atom. The Bertz CT molecular complexity index is 642. The van der Waals surface area contributed by atoms with Crippen molar-refractivity contribution in [1.82, 2.24) is 0 Å². The van der Waals surface area contributed by atoms with E-state index in [0.717, 1.165) is 0 Å². The molecule has 2 rings (SSSR count). The van der Waals surface area contributed by atoms with Gasteiger partial charge in [-0.1, -0.05) is 17.7 Å². The second-order valence-corrected chi connectivity index (χ2v) is 5.92. The van der Waals surface area contributed by atoms with E-state index in [2.05, 4.69) is 15.9 Å². The molecule has 2 aromatic rings. The first-order valence-electron chi connectivity index (χ1n) is 5.99. The quantitative estimate of drug-likeness (QED) is 0.498. The van der Waals surface area contributed by atoms with Gasteiger partial charge in [0, 0.05) is 10.0 Å². The molecule has 1 atom stereocenters. The molecule has 6 heteroatoms. The number of hydrogen-bond acceptors (Lipinski definition) is 2. The van der Waals surface area contributed by atoms with Gasteiger partial charge >= 0.3 is 0 Å². The first-order valence-corrected chi connectivity index (χ1v) is 7.59. The summed E-state index contributed by atoms with van der Waals surface area (Å²) in [6, 6.07) is 8.03. The van der Waals surface area contributed by atoms with Crippen LogP contribution in [-0.2, 0) is 0 Å². The molecule has 2 aromatic carbocycles. The van der Waals surface area contributed by atoms with Crippen LogP contribution < -0.4 is 9.47 Å². The van der Waals surface area contributed by atoms with Crippen molar-refractivity contribution in [1.29, 1.82) is 0 Å². The number of ether oxygens (including phenoxy) is 2. The third-order valence-corrected chi connectivity index (χ3v) is 4.68. The lowest BCUT2D eigenvalue weighted by molar-refractivity contribution is 0.386. The second-order valence-electron chi connectivity index (χ2n) is 4.23. The highest BCUT2D eigenvalue weighted by Crippen LogP contribution is 2.43. The molecule has 2 nitrogen and oxygen atoms in total. The van der Waals surface area contributed by atoms with Crippen LogP contribution in [0.3, 0.4) is 0 Å². The molecule has 0 amide bonds. The molecular weight excluding hydrogens is 382 g/mol. The fourth-order valence-corrected chi connectivity index (χ4v) is 2.89. The molecule has 0 aliphatic rings. The highest BCUT2D eigenvalue weighted by Gasteiger charge is 2.24. The fraction of sp³-hybridized carbons (Fsp3) is 0.200. The van der Waals surface area contributed by atoms with E-state index in [-0.39, 0.29) is 5.56 Å². The molecule has 0 aliphatic carbocycles. The predicted molar refractivity (Wildman–Crippen MR) is 86.4 cm³/mol. The number of halogens is 4. The number of methoxy groups -OCH3 is 2. The zero-order valence-corrected chi connectivity index (χ0v) is 14.4. The van der Waals surface area contributed by atoms with Crippen molar-refractivity contribution in [3.63, 3.8) is 0 Å². The van der Waals surface area contributed by atoms with Crippen molar-refractivity contribution >= 4 is 39.1 Å². The number of alkyl halides is 1. The van der Waals surface area contributed by atoms with E-state index in [9.17, 15) is 4.39 Å². The van der Waals surface area contributed by atoms with Gasteiger partial charge in [-0.15, -0.1) is 11.6 Å². The van der Waals surface area contributed by atoms with Crippen LogP contribution in [-0.4, -0.2) is 14.2 Å². The zero-order chi connectivity index (χ0) is 15.6. The van der Waals surface area contributed by atoms with E-state index in [1.165, 1.54) is 26.4 Å². The van der Waals surface area contributed by atoms with Gasteiger partial charge in [0.2, 0.25) is 0 Å². The number of hydrogen-bond donors (Lipinski definition) is 0. The summed E-state index contributed by atoms with van der Waals surface area (Å²) in [6.45, 7) is 0. The average Bonchev–Trinajstić information content (AvgIpc) is 2.49. The van der Waals surface area contributed by atoms with Gasteiger partial charge in [0.1, 0.15) is 17.3 Å². The monoisotopic (exact) mass is 392 g/mol. The van der Waals surface area contributed by atoms with Crippen LogP contribution in [0.2, 0.25) is 5.02 Å². The summed E-state index contributed by atoms with van der Waals surface area (Å²) in [5.74, 6) is 0.583. The molecular formula is C15H12BrCl2FO2. The largest absolute Gasteiger partial charge is 0.496 e. The summed E-state index contributed by atoms with van der Waals surface area (Å²) in [7, 11) is 3.04. The van der Waals surface area contributed by atoms with Crippen LogP contribution in [0.25, 0.3) is 0 Å². The summed E-state index contributed by atoms with van der Waals surface area (Å²) in [5, 5.41) is -0.410. The van der Waals surface area contributed by atoms with Gasteiger partial charge in [0.15, 0.2) is 0 Å². The normalized spacial score (nSPS) is 12.1. The Morgan fingerprint density at radius 1 is 1.14 bits per heavy atom. The molecule has 0 fully saturated rings. The van der Waals surface area contributed by atoms with Gasteiger partial charge < -0.3 is 9.47 Å². The maximum atomic E-state index is 14.2. The molecule has 21 heavy (non-hydrogen) atoms. The SMILES string of the molecule is COc1cccc(OC)c1C(Cl)c1cc(Cl)c(Br)cc1F. The van der Waals surface area contributed by atoms with Crippen molar-refractivity contribution in [2.75, 3.05) is 14.2 Å². The van der Waals surface area contributed by atoms with Gasteiger partial charge in [-0.2, -0.15) is 0 Å². The molecule has 0 radical (unpaired) electrons. The molecule has 0 saturated carbocycles. The minimum Gasteiger partial charge on any atom is -0.496 e. The van der Waals surface area contributed by atoms with E-state index in [1.54, 1.807) is 18.2 Å². The Balaban J connectivity index is 2.59. The molecule has 0 saturated heterocycles. The Morgan fingerprint density at radius 2 is 1.71 bits per heavy atom. The summed E-state index contributed by atoms with van der Waals surface area (Å²) in [4.78, 5) is 0. The minimum atomic E-state index is -0.790. The summed E-state index contributed by atoms with van der Waals surface area (Å²) < 4.78 is 25.2. The van der Waals surface area contributed by atoms with E-state index in [0.29, 0.717) is 26.6 Å². The maximum absolute atomic E-state index is 14.2. The molecule has 0 N–H and O–H groups in total. The molecule has 0 aromatic heterocycles. The molecule has 112 valence electrons. The summed E-state index contributed by atoms with van der Waals surface area (Å²) >= 11 is 15.7. The van der Waals surface area contributed by atoms with E-state index < -0.39 is 11.2 Å². The van der Waals surface area contributed by atoms with Crippen molar-refractivity contribution in [2.24, 2.45) is 0 Å². The van der Waals surface area contributed by atoms with Crippen LogP contribution in [0.5, 0.6) is 11.5 Å². The van der Waals surface area contributed by atoms with E-state index in [4.69, 9.17) is 32.7 Å². The van der Waals surface area contributed by atoms with Crippen LogP contribution in [0, 0.1) is 5.82 Å². The lowest BCUT2D eigenvalue weighted by Crippen LogP contribution is -2.03. The number of benzene rings is 2. The molecule has 0 bridgehead atoms. The van der Waals surface area contributed by atoms with Gasteiger partial charge in [-0.25, -0.2) is 4.39 Å². The Hall–Kier alpha value is -0.970. The minimum absolute atomic E-state index is 0.257. The molecule has 1 unspecified atom stereocenters. The topological polar surface area (TPSA) is 18.5 Å². The summed E-state index contributed by atoms with van der Waals surface area (Å²) in [5.41, 5.74) is 0.814. The first-order chi connectivity index (χ1) is 9.99. The fourth-order valence-electron chi connectivity index (χ4n) is 2.02. The lowest BCUT2D eigenvalue weighted by atomic mass is 10.0. The first kappa shape index (κ1) is 16.4. The highest BCUT2D eigenvalue weighted by molar-refractivity contribution is 9.10. The molecule has 0 spiro atoms. The van der Waals surface area contributed by atoms with Crippen LogP contribution in [0.1, 0.15) is 16.5 Å². The summed E-state index contributed by atoms with van der Waals surface area (Å²) in [6.07, 6.45) is 0. The Kier molecular flexibility index (Phi) is 5.36. The van der Waals surface area contributed by atoms with E-state index in [1.807, 2.05) is 0 Å². The lowest BCUT2D eigenvalue weighted by Gasteiger charge is -2.18. The van der Waals surface area contributed by atoms with Gasteiger partial charge in [-0.05, 0) is 40.2 Å². The average molecular weight is 394 g/mol.